The van der Waals surface area contributed by atoms with Crippen LogP contribution in [-0.4, -0.2) is 36.5 Å². The van der Waals surface area contributed by atoms with Gasteiger partial charge in [-0.3, -0.25) is 0 Å². The smallest absolute Gasteiger partial charge is 0.0496 e. The molecule has 0 saturated carbocycles. The maximum Gasteiger partial charge on any atom is 0.0496 e. The van der Waals surface area contributed by atoms with Gasteiger partial charge in [-0.15, -0.1) is 0 Å². The number of hydrogen-bond acceptors (Lipinski definition) is 3. The van der Waals surface area contributed by atoms with Crippen molar-refractivity contribution in [2.24, 2.45) is 10.8 Å². The van der Waals surface area contributed by atoms with Crippen molar-refractivity contribution < 1.29 is 10.2 Å². The lowest BCUT2D eigenvalue weighted by Gasteiger charge is -2.30. The summed E-state index contributed by atoms with van der Waals surface area (Å²) in [6.07, 6.45) is 2.87. The van der Waals surface area contributed by atoms with Crippen LogP contribution in [0.4, 0.5) is 0 Å². The summed E-state index contributed by atoms with van der Waals surface area (Å²) in [5, 5.41) is 21.5. The van der Waals surface area contributed by atoms with Crippen LogP contribution >= 0.6 is 0 Å². The molecule has 0 aliphatic heterocycles. The van der Waals surface area contributed by atoms with Crippen molar-refractivity contribution in [3.05, 3.63) is 0 Å². The van der Waals surface area contributed by atoms with Crippen LogP contribution in [0, 0.1) is 10.8 Å². The molecule has 0 aliphatic rings. The van der Waals surface area contributed by atoms with E-state index in [1.165, 1.54) is 0 Å². The molecule has 0 rings (SSSR count). The highest BCUT2D eigenvalue weighted by Crippen LogP contribution is 2.22. The fraction of sp³-hybridized carbons (Fsp3) is 1.00. The monoisotopic (exact) mass is 231 g/mol. The minimum atomic E-state index is -0.00689. The van der Waals surface area contributed by atoms with E-state index < -0.39 is 0 Å². The van der Waals surface area contributed by atoms with E-state index in [9.17, 15) is 5.11 Å². The Hall–Kier alpha value is -0.120. The van der Waals surface area contributed by atoms with Crippen molar-refractivity contribution in [2.45, 2.75) is 47.0 Å². The van der Waals surface area contributed by atoms with Crippen LogP contribution in [0.15, 0.2) is 0 Å². The summed E-state index contributed by atoms with van der Waals surface area (Å²) in [5.74, 6) is 0. The van der Waals surface area contributed by atoms with Gasteiger partial charge in [0.25, 0.3) is 0 Å². The molecule has 0 heterocycles. The van der Waals surface area contributed by atoms with E-state index in [1.807, 2.05) is 0 Å². The molecule has 3 N–H and O–H groups in total. The number of hydrogen-bond donors (Lipinski definition) is 3. The predicted molar refractivity (Wildman–Crippen MR) is 68.5 cm³/mol. The molecule has 0 bridgehead atoms. The fourth-order valence-electron chi connectivity index (χ4n) is 1.64. The molecule has 0 fully saturated rings. The molecule has 0 radical (unpaired) electrons. The molecule has 98 valence electrons. The Morgan fingerprint density at radius 3 is 2.12 bits per heavy atom. The Bertz CT molecular complexity index is 177. The largest absolute Gasteiger partial charge is 0.396 e. The maximum absolute atomic E-state index is 9.28. The summed E-state index contributed by atoms with van der Waals surface area (Å²) in [4.78, 5) is 0. The van der Waals surface area contributed by atoms with Gasteiger partial charge in [-0.05, 0) is 24.7 Å². The van der Waals surface area contributed by atoms with Gasteiger partial charge in [0.15, 0.2) is 0 Å². The van der Waals surface area contributed by atoms with Gasteiger partial charge in [0.1, 0.15) is 0 Å². The van der Waals surface area contributed by atoms with Crippen LogP contribution in [0.25, 0.3) is 0 Å². The van der Waals surface area contributed by atoms with E-state index in [1.54, 1.807) is 0 Å². The van der Waals surface area contributed by atoms with Gasteiger partial charge in [0.05, 0.1) is 0 Å². The van der Waals surface area contributed by atoms with Crippen LogP contribution in [0.5, 0.6) is 0 Å². The second-order valence-corrected chi connectivity index (χ2v) is 5.92. The molecule has 3 nitrogen and oxygen atoms in total. The molecule has 0 aromatic rings. The van der Waals surface area contributed by atoms with Crippen molar-refractivity contribution in [1.29, 1.82) is 0 Å². The molecule has 0 amide bonds. The lowest BCUT2D eigenvalue weighted by atomic mass is 9.85. The van der Waals surface area contributed by atoms with Gasteiger partial charge in [0, 0.05) is 31.7 Å². The number of nitrogens with one attached hydrogen (secondary N) is 1. The molecule has 0 aromatic heterocycles. The van der Waals surface area contributed by atoms with Crippen molar-refractivity contribution in [3.63, 3.8) is 0 Å². The molecule has 1 unspecified atom stereocenters. The zero-order valence-corrected chi connectivity index (χ0v) is 11.3. The van der Waals surface area contributed by atoms with Gasteiger partial charge >= 0.3 is 0 Å². The summed E-state index contributed by atoms with van der Waals surface area (Å²) < 4.78 is 0. The SMILES string of the molecule is CCC(C)(CO)CNCC(C)(C)CCCO. The molecule has 1 atom stereocenters. The van der Waals surface area contributed by atoms with Gasteiger partial charge in [0.2, 0.25) is 0 Å². The van der Waals surface area contributed by atoms with Crippen molar-refractivity contribution in [3.8, 4) is 0 Å². The van der Waals surface area contributed by atoms with Crippen LogP contribution in [0.3, 0.4) is 0 Å². The summed E-state index contributed by atoms with van der Waals surface area (Å²) >= 11 is 0. The number of aliphatic hydroxyl groups excluding tert-OH is 2. The Balaban J connectivity index is 3.87. The quantitative estimate of drug-likeness (QED) is 0.567. The van der Waals surface area contributed by atoms with E-state index in [4.69, 9.17) is 5.11 Å². The van der Waals surface area contributed by atoms with Gasteiger partial charge in [-0.2, -0.15) is 0 Å². The molecule has 0 saturated heterocycles. The Labute approximate surface area is 100 Å². The van der Waals surface area contributed by atoms with Gasteiger partial charge in [-0.25, -0.2) is 0 Å². The minimum Gasteiger partial charge on any atom is -0.396 e. The zero-order valence-electron chi connectivity index (χ0n) is 11.3. The standard InChI is InChI=1S/C13H29NO2/c1-5-13(4,11-16)10-14-9-12(2,3)7-6-8-15/h14-16H,5-11H2,1-4H3. The minimum absolute atomic E-state index is 0.00689. The average Bonchev–Trinajstić information content (AvgIpc) is 2.26. The summed E-state index contributed by atoms with van der Waals surface area (Å²) in [6.45, 7) is 10.9. The zero-order chi connectivity index (χ0) is 12.7. The van der Waals surface area contributed by atoms with Crippen LogP contribution in [0.1, 0.15) is 47.0 Å². The lowest BCUT2D eigenvalue weighted by Crippen LogP contribution is -2.39. The number of rotatable bonds is 9. The Morgan fingerprint density at radius 2 is 1.69 bits per heavy atom. The Morgan fingerprint density at radius 1 is 1.06 bits per heavy atom. The lowest BCUT2D eigenvalue weighted by molar-refractivity contribution is 0.130. The topological polar surface area (TPSA) is 52.5 Å². The molecular formula is C13H29NO2. The molecule has 0 aromatic carbocycles. The van der Waals surface area contributed by atoms with Gasteiger partial charge < -0.3 is 15.5 Å². The highest BCUT2D eigenvalue weighted by Gasteiger charge is 2.22. The maximum atomic E-state index is 9.28. The van der Waals surface area contributed by atoms with Crippen molar-refractivity contribution in [1.82, 2.24) is 5.32 Å². The van der Waals surface area contributed by atoms with E-state index in [0.717, 1.165) is 32.4 Å². The highest BCUT2D eigenvalue weighted by molar-refractivity contribution is 4.77. The molecule has 0 aliphatic carbocycles. The predicted octanol–water partition coefficient (Wildman–Crippen LogP) is 1.78. The first kappa shape index (κ1) is 15.9. The van der Waals surface area contributed by atoms with Crippen molar-refractivity contribution >= 4 is 0 Å². The first-order valence-corrected chi connectivity index (χ1v) is 6.31. The second kappa shape index (κ2) is 7.25. The van der Waals surface area contributed by atoms with E-state index in [-0.39, 0.29) is 24.0 Å². The van der Waals surface area contributed by atoms with E-state index in [0.29, 0.717) is 0 Å². The van der Waals surface area contributed by atoms with Crippen LogP contribution in [0.2, 0.25) is 0 Å². The van der Waals surface area contributed by atoms with E-state index >= 15 is 0 Å². The summed E-state index contributed by atoms with van der Waals surface area (Å²) in [6, 6.07) is 0. The number of aliphatic hydroxyl groups is 2. The third-order valence-electron chi connectivity index (χ3n) is 3.40. The molecule has 16 heavy (non-hydrogen) atoms. The van der Waals surface area contributed by atoms with Gasteiger partial charge in [-0.1, -0.05) is 27.7 Å². The van der Waals surface area contributed by atoms with Crippen molar-refractivity contribution in [2.75, 3.05) is 26.3 Å². The molecule has 0 spiro atoms. The molecule has 3 heteroatoms. The summed E-state index contributed by atoms with van der Waals surface area (Å²) in [7, 11) is 0. The van der Waals surface area contributed by atoms with Crippen LogP contribution < -0.4 is 5.32 Å². The third kappa shape index (κ3) is 6.46. The average molecular weight is 231 g/mol. The summed E-state index contributed by atoms with van der Waals surface area (Å²) in [5.41, 5.74) is 0.208. The molecular weight excluding hydrogens is 202 g/mol. The third-order valence-corrected chi connectivity index (χ3v) is 3.40. The highest BCUT2D eigenvalue weighted by atomic mass is 16.3. The second-order valence-electron chi connectivity index (χ2n) is 5.92. The fourth-order valence-corrected chi connectivity index (χ4v) is 1.64. The normalized spacial score (nSPS) is 16.1. The first-order chi connectivity index (χ1) is 7.39. The van der Waals surface area contributed by atoms with E-state index in [2.05, 4.69) is 33.0 Å². The van der Waals surface area contributed by atoms with Crippen LogP contribution in [-0.2, 0) is 0 Å². The Kier molecular flexibility index (Phi) is 7.20. The first-order valence-electron chi connectivity index (χ1n) is 6.31.